The molecule has 1 aromatic carbocycles. The number of hydrogen-bond acceptors (Lipinski definition) is 6. The fraction of sp³-hybridized carbons (Fsp3) is 0.250. The van der Waals surface area contributed by atoms with Crippen LogP contribution in [0.4, 0.5) is 0 Å². The van der Waals surface area contributed by atoms with Crippen LogP contribution in [0.2, 0.25) is 0 Å². The number of benzene rings is 1. The van der Waals surface area contributed by atoms with E-state index in [1.165, 1.54) is 16.5 Å². The van der Waals surface area contributed by atoms with Gasteiger partial charge in [-0.05, 0) is 43.1 Å². The highest BCUT2D eigenvalue weighted by atomic mass is 16.5. The molecule has 0 spiro atoms. The van der Waals surface area contributed by atoms with Crippen LogP contribution in [-0.2, 0) is 13.6 Å². The van der Waals surface area contributed by atoms with E-state index in [0.717, 1.165) is 37.3 Å². The van der Waals surface area contributed by atoms with Gasteiger partial charge in [-0.2, -0.15) is 4.98 Å². The molecule has 5 heterocycles. The van der Waals surface area contributed by atoms with Gasteiger partial charge in [0, 0.05) is 54.8 Å². The monoisotopic (exact) mass is 425 g/mol. The van der Waals surface area contributed by atoms with E-state index in [0.29, 0.717) is 11.7 Å². The van der Waals surface area contributed by atoms with Gasteiger partial charge >= 0.3 is 0 Å². The second-order valence-electron chi connectivity index (χ2n) is 8.24. The predicted octanol–water partition coefficient (Wildman–Crippen LogP) is 4.15. The van der Waals surface area contributed by atoms with E-state index in [2.05, 4.69) is 62.1 Å². The molecule has 0 bridgehead atoms. The highest BCUT2D eigenvalue weighted by molar-refractivity contribution is 5.83. The third-order valence-corrected chi connectivity index (χ3v) is 6.22. The average molecular weight is 425 g/mol. The Morgan fingerprint density at radius 3 is 2.94 bits per heavy atom. The molecular weight excluding hydrogens is 402 g/mol. The fourth-order valence-corrected chi connectivity index (χ4v) is 4.62. The number of likely N-dealkylation sites (tertiary alicyclic amines) is 1. The summed E-state index contributed by atoms with van der Waals surface area (Å²) in [4.78, 5) is 15.7. The molecule has 0 amide bonds. The van der Waals surface area contributed by atoms with Crippen molar-refractivity contribution in [1.82, 2.24) is 34.1 Å². The molecular formula is C24H23N7O. The van der Waals surface area contributed by atoms with Crippen molar-refractivity contribution in [3.8, 4) is 17.2 Å². The van der Waals surface area contributed by atoms with Crippen LogP contribution in [0.15, 0.2) is 72.0 Å². The number of nitrogens with zero attached hydrogens (tertiary/aromatic N) is 7. The summed E-state index contributed by atoms with van der Waals surface area (Å²) in [6, 6.07) is 12.6. The summed E-state index contributed by atoms with van der Waals surface area (Å²) in [5.41, 5.74) is 3.42. The Labute approximate surface area is 185 Å². The van der Waals surface area contributed by atoms with Crippen molar-refractivity contribution in [3.63, 3.8) is 0 Å². The van der Waals surface area contributed by atoms with E-state index < -0.39 is 0 Å². The summed E-state index contributed by atoms with van der Waals surface area (Å²) in [6.45, 7) is 1.89. The Hall–Kier alpha value is -3.78. The highest BCUT2D eigenvalue weighted by Gasteiger charge is 2.31. The van der Waals surface area contributed by atoms with E-state index in [9.17, 15) is 0 Å². The van der Waals surface area contributed by atoms with Gasteiger partial charge in [-0.3, -0.25) is 9.47 Å². The molecule has 1 aliphatic heterocycles. The van der Waals surface area contributed by atoms with Crippen LogP contribution in [-0.4, -0.2) is 40.7 Å². The number of aryl methyl sites for hydroxylation is 1. The van der Waals surface area contributed by atoms with Crippen molar-refractivity contribution in [1.29, 1.82) is 0 Å². The third-order valence-electron chi connectivity index (χ3n) is 6.22. The molecule has 1 unspecified atom stereocenters. The van der Waals surface area contributed by atoms with E-state index in [1.54, 1.807) is 18.7 Å². The van der Waals surface area contributed by atoms with Gasteiger partial charge in [0.1, 0.15) is 12.1 Å². The topological polar surface area (TPSA) is 77.8 Å². The Bertz CT molecular complexity index is 1350. The van der Waals surface area contributed by atoms with Gasteiger partial charge in [0.05, 0.1) is 6.04 Å². The second-order valence-corrected chi connectivity index (χ2v) is 8.24. The summed E-state index contributed by atoms with van der Waals surface area (Å²) < 4.78 is 9.77. The lowest BCUT2D eigenvalue weighted by Crippen LogP contribution is -2.22. The molecule has 0 radical (unpaired) electrons. The zero-order valence-corrected chi connectivity index (χ0v) is 17.8. The van der Waals surface area contributed by atoms with Gasteiger partial charge < -0.3 is 9.09 Å². The summed E-state index contributed by atoms with van der Waals surface area (Å²) in [5.74, 6) is 2.05. The molecule has 0 N–H and O–H groups in total. The summed E-state index contributed by atoms with van der Waals surface area (Å²) in [6.07, 6.45) is 11.4. The van der Waals surface area contributed by atoms with Gasteiger partial charge in [0.15, 0.2) is 0 Å². The van der Waals surface area contributed by atoms with Crippen LogP contribution in [0.25, 0.3) is 28.1 Å². The van der Waals surface area contributed by atoms with Crippen molar-refractivity contribution >= 4 is 10.9 Å². The molecule has 0 saturated carbocycles. The van der Waals surface area contributed by atoms with Crippen molar-refractivity contribution in [2.75, 3.05) is 6.54 Å². The molecule has 5 aromatic rings. The Morgan fingerprint density at radius 1 is 1.16 bits per heavy atom. The standard InChI is InChI=1S/C24H23N7O/c1-29-14-18(19-5-2-3-6-20(19)29)15-30-11-4-7-21(30)24-27-23(28-32-24)17-8-9-22(26-13-17)31-12-10-25-16-31/h2-3,5-6,8-10,12-14,16,21H,4,7,11,15H2,1H3. The number of para-hydroxylation sites is 1. The molecule has 4 aromatic heterocycles. The van der Waals surface area contributed by atoms with Gasteiger partial charge in [0.25, 0.3) is 0 Å². The van der Waals surface area contributed by atoms with Gasteiger partial charge in [-0.25, -0.2) is 9.97 Å². The zero-order chi connectivity index (χ0) is 21.5. The highest BCUT2D eigenvalue weighted by Crippen LogP contribution is 2.34. The minimum atomic E-state index is 0.133. The summed E-state index contributed by atoms with van der Waals surface area (Å²) >= 11 is 0. The lowest BCUT2D eigenvalue weighted by molar-refractivity contribution is 0.201. The maximum absolute atomic E-state index is 5.72. The number of fused-ring (bicyclic) bond motifs is 1. The maximum atomic E-state index is 5.72. The molecule has 1 aliphatic rings. The van der Waals surface area contributed by atoms with Gasteiger partial charge in [-0.1, -0.05) is 23.4 Å². The van der Waals surface area contributed by atoms with Gasteiger partial charge in [-0.15, -0.1) is 0 Å². The van der Waals surface area contributed by atoms with Crippen LogP contribution in [0, 0.1) is 0 Å². The fourth-order valence-electron chi connectivity index (χ4n) is 4.62. The molecule has 8 nitrogen and oxygen atoms in total. The van der Waals surface area contributed by atoms with E-state index in [4.69, 9.17) is 9.51 Å². The first-order valence-corrected chi connectivity index (χ1v) is 10.8. The quantitative estimate of drug-likeness (QED) is 0.421. The minimum Gasteiger partial charge on any atom is -0.350 e. The maximum Gasteiger partial charge on any atom is 0.244 e. The number of imidazole rings is 1. The lowest BCUT2D eigenvalue weighted by atomic mass is 10.1. The van der Waals surface area contributed by atoms with E-state index in [-0.39, 0.29) is 6.04 Å². The van der Waals surface area contributed by atoms with Crippen LogP contribution in [0.1, 0.15) is 30.3 Å². The largest absolute Gasteiger partial charge is 0.350 e. The van der Waals surface area contributed by atoms with Crippen molar-refractivity contribution < 1.29 is 4.52 Å². The summed E-state index contributed by atoms with van der Waals surface area (Å²) in [5, 5.41) is 5.54. The molecule has 32 heavy (non-hydrogen) atoms. The minimum absolute atomic E-state index is 0.133. The Balaban J connectivity index is 1.23. The molecule has 0 aliphatic carbocycles. The van der Waals surface area contributed by atoms with E-state index in [1.807, 2.05) is 22.9 Å². The number of aromatic nitrogens is 6. The van der Waals surface area contributed by atoms with Crippen molar-refractivity contribution in [2.24, 2.45) is 7.05 Å². The predicted molar refractivity (Wildman–Crippen MR) is 120 cm³/mol. The first-order valence-electron chi connectivity index (χ1n) is 10.8. The summed E-state index contributed by atoms with van der Waals surface area (Å²) in [7, 11) is 2.10. The van der Waals surface area contributed by atoms with E-state index >= 15 is 0 Å². The number of hydrogen-bond donors (Lipinski definition) is 0. The number of rotatable bonds is 5. The molecule has 1 saturated heterocycles. The second kappa shape index (κ2) is 7.72. The molecule has 1 atom stereocenters. The van der Waals surface area contributed by atoms with Gasteiger partial charge in [0.2, 0.25) is 11.7 Å². The first kappa shape index (κ1) is 18.9. The molecule has 6 rings (SSSR count). The van der Waals surface area contributed by atoms with Crippen LogP contribution >= 0.6 is 0 Å². The zero-order valence-electron chi connectivity index (χ0n) is 17.8. The normalized spacial score (nSPS) is 16.8. The molecule has 160 valence electrons. The van der Waals surface area contributed by atoms with Crippen LogP contribution < -0.4 is 0 Å². The Morgan fingerprint density at radius 2 is 2.09 bits per heavy atom. The van der Waals surface area contributed by atoms with Crippen LogP contribution in [0.5, 0.6) is 0 Å². The van der Waals surface area contributed by atoms with Crippen molar-refractivity contribution in [2.45, 2.75) is 25.4 Å². The first-order chi connectivity index (χ1) is 15.8. The van der Waals surface area contributed by atoms with Crippen molar-refractivity contribution in [3.05, 3.63) is 79.0 Å². The SMILES string of the molecule is Cn1cc(CN2CCCC2c2nc(-c3ccc(-n4ccnc4)nc3)no2)c2ccccc21. The molecule has 8 heteroatoms. The average Bonchev–Trinajstić information content (AvgIpc) is 3.63. The molecule has 1 fully saturated rings. The van der Waals surface area contributed by atoms with Crippen LogP contribution in [0.3, 0.4) is 0 Å². The smallest absolute Gasteiger partial charge is 0.244 e. The number of pyridine rings is 1. The lowest BCUT2D eigenvalue weighted by Gasteiger charge is -2.21. The Kier molecular flexibility index (Phi) is 4.57. The third kappa shape index (κ3) is 3.29.